The van der Waals surface area contributed by atoms with Crippen molar-refractivity contribution in [3.05, 3.63) is 46.0 Å². The zero-order valence-corrected chi connectivity index (χ0v) is 16.8. The number of hydrogen-bond acceptors (Lipinski definition) is 8. The number of hydrazone groups is 1. The Morgan fingerprint density at radius 2 is 2.32 bits per heavy atom. The number of rotatable bonds is 8. The minimum Gasteiger partial charge on any atom is -0.400 e. The van der Waals surface area contributed by atoms with Crippen molar-refractivity contribution in [1.82, 2.24) is 24.8 Å². The maximum Gasteiger partial charge on any atom is 0.167 e. The third kappa shape index (κ3) is 4.17. The van der Waals surface area contributed by atoms with Crippen LogP contribution in [-0.4, -0.2) is 64.1 Å². The first kappa shape index (κ1) is 19.5. The molecule has 3 aromatic heterocycles. The van der Waals surface area contributed by atoms with Gasteiger partial charge < -0.3 is 10.3 Å². The molecule has 0 aliphatic heterocycles. The van der Waals surface area contributed by atoms with Crippen LogP contribution in [0, 0.1) is 0 Å². The lowest BCUT2D eigenvalue weighted by atomic mass is 10.3. The molecule has 0 atom stereocenters. The van der Waals surface area contributed by atoms with E-state index in [-0.39, 0.29) is 0 Å². The fourth-order valence-electron chi connectivity index (χ4n) is 2.74. The topological polar surface area (TPSA) is 118 Å². The number of aromatic amines is 1. The second kappa shape index (κ2) is 8.61. The van der Waals surface area contributed by atoms with Gasteiger partial charge in [0.1, 0.15) is 5.01 Å². The maximum absolute atomic E-state index is 11.6. The van der Waals surface area contributed by atoms with E-state index in [0.717, 1.165) is 32.9 Å². The first-order valence-electron chi connectivity index (χ1n) is 8.57. The Morgan fingerprint density at radius 1 is 1.50 bits per heavy atom. The number of allylic oxidation sites excluding steroid dienone is 1. The van der Waals surface area contributed by atoms with Gasteiger partial charge in [-0.2, -0.15) is 10.2 Å². The number of fused-ring (bicyclic) bond motifs is 1. The van der Waals surface area contributed by atoms with Crippen LogP contribution in [0.1, 0.15) is 26.8 Å². The molecule has 0 spiro atoms. The van der Waals surface area contributed by atoms with Gasteiger partial charge in [-0.15, -0.1) is 11.3 Å². The highest BCUT2D eigenvalue weighted by molar-refractivity contribution is 7.19. The van der Waals surface area contributed by atoms with E-state index >= 15 is 0 Å². The Balaban J connectivity index is 1.88. The molecular weight excluding hydrogens is 376 g/mol. The molecule has 0 aliphatic carbocycles. The Hall–Kier alpha value is -3.27. The van der Waals surface area contributed by atoms with Crippen LogP contribution < -0.4 is 5.73 Å². The Bertz CT molecular complexity index is 1040. The molecule has 10 heteroatoms. The molecule has 0 aliphatic rings. The third-order valence-corrected chi connectivity index (χ3v) is 5.18. The van der Waals surface area contributed by atoms with E-state index in [0.29, 0.717) is 24.4 Å². The van der Waals surface area contributed by atoms with Crippen LogP contribution in [0.5, 0.6) is 0 Å². The van der Waals surface area contributed by atoms with Crippen LogP contribution in [0.4, 0.5) is 0 Å². The molecule has 0 fully saturated rings. The van der Waals surface area contributed by atoms with Gasteiger partial charge in [0.15, 0.2) is 11.9 Å². The normalized spacial score (nSPS) is 12.6. The zero-order chi connectivity index (χ0) is 20.1. The second-order valence-corrected chi connectivity index (χ2v) is 7.29. The van der Waals surface area contributed by atoms with Crippen molar-refractivity contribution in [3.63, 3.8) is 0 Å². The summed E-state index contributed by atoms with van der Waals surface area (Å²) in [6.07, 6.45) is 8.26. The number of nitrogens with two attached hydrogens (primary N) is 1. The highest BCUT2D eigenvalue weighted by Crippen LogP contribution is 2.30. The minimum atomic E-state index is 0.447. The van der Waals surface area contributed by atoms with Crippen LogP contribution in [-0.2, 0) is 13.5 Å². The number of nitrogens with zero attached hydrogens (tertiary/aromatic N) is 6. The molecule has 3 heterocycles. The summed E-state index contributed by atoms with van der Waals surface area (Å²) in [6, 6.07) is 1.92. The molecule has 0 radical (unpaired) electrons. The van der Waals surface area contributed by atoms with Crippen LogP contribution in [0.2, 0.25) is 0 Å². The Kier molecular flexibility index (Phi) is 5.99. The molecule has 0 saturated carbocycles. The molecule has 146 valence electrons. The summed E-state index contributed by atoms with van der Waals surface area (Å²) in [5.74, 6) is 0. The predicted octanol–water partition coefficient (Wildman–Crippen LogP) is 1.57. The number of nitrogens with one attached hydrogen (secondary N) is 1. The molecule has 0 unspecified atom stereocenters. The highest BCUT2D eigenvalue weighted by Gasteiger charge is 2.18. The van der Waals surface area contributed by atoms with Crippen molar-refractivity contribution in [2.45, 2.75) is 6.42 Å². The van der Waals surface area contributed by atoms with Gasteiger partial charge in [0.25, 0.3) is 0 Å². The molecule has 0 saturated heterocycles. The third-order valence-electron chi connectivity index (χ3n) is 4.10. The second-order valence-electron chi connectivity index (χ2n) is 6.20. The predicted molar refractivity (Wildman–Crippen MR) is 112 cm³/mol. The number of aromatic nitrogens is 4. The Morgan fingerprint density at radius 3 is 3.00 bits per heavy atom. The van der Waals surface area contributed by atoms with Gasteiger partial charge in [0, 0.05) is 56.9 Å². The number of aliphatic imine (C=N–C) groups is 1. The molecule has 0 amide bonds. The summed E-state index contributed by atoms with van der Waals surface area (Å²) in [6.45, 7) is 0.447. The lowest BCUT2D eigenvalue weighted by Crippen LogP contribution is -2.19. The number of aryl methyl sites for hydroxylation is 1. The largest absolute Gasteiger partial charge is 0.400 e. The number of carbonyl (C=O) groups excluding carboxylic acids is 1. The Labute approximate surface area is 166 Å². The highest BCUT2D eigenvalue weighted by atomic mass is 32.1. The number of carbonyl (C=O) groups is 1. The molecule has 3 N–H and O–H groups in total. The number of H-pyrrole nitrogens is 1. The van der Waals surface area contributed by atoms with Gasteiger partial charge in [-0.25, -0.2) is 4.98 Å². The molecule has 0 aromatic carbocycles. The zero-order valence-electron chi connectivity index (χ0n) is 16.0. The first-order valence-corrected chi connectivity index (χ1v) is 9.38. The summed E-state index contributed by atoms with van der Waals surface area (Å²) >= 11 is 1.55. The van der Waals surface area contributed by atoms with Crippen molar-refractivity contribution in [2.75, 3.05) is 20.6 Å². The van der Waals surface area contributed by atoms with Crippen LogP contribution >= 0.6 is 11.3 Å². The number of thiazole rings is 1. The van der Waals surface area contributed by atoms with E-state index in [4.69, 9.17) is 5.73 Å². The van der Waals surface area contributed by atoms with E-state index in [1.807, 2.05) is 20.2 Å². The van der Waals surface area contributed by atoms with E-state index in [2.05, 4.69) is 25.3 Å². The fraction of sp³-hybridized carbons (Fsp3) is 0.278. The quantitative estimate of drug-likeness (QED) is 0.339. The smallest absolute Gasteiger partial charge is 0.167 e. The van der Waals surface area contributed by atoms with Crippen LogP contribution in [0.3, 0.4) is 0 Å². The van der Waals surface area contributed by atoms with E-state index < -0.39 is 0 Å². The number of aldehydes is 1. The summed E-state index contributed by atoms with van der Waals surface area (Å²) in [5.41, 5.74) is 9.62. The molecule has 3 aromatic rings. The lowest BCUT2D eigenvalue weighted by Gasteiger charge is -2.12. The summed E-state index contributed by atoms with van der Waals surface area (Å²) in [5, 5.41) is 14.0. The van der Waals surface area contributed by atoms with E-state index in [1.54, 1.807) is 52.7 Å². The average Bonchev–Trinajstić information content (AvgIpc) is 3.37. The van der Waals surface area contributed by atoms with Gasteiger partial charge in [-0.3, -0.25) is 19.9 Å². The van der Waals surface area contributed by atoms with Crippen molar-refractivity contribution >= 4 is 40.4 Å². The summed E-state index contributed by atoms with van der Waals surface area (Å²) in [7, 11) is 5.33. The molecule has 3 rings (SSSR count). The lowest BCUT2D eigenvalue weighted by molar-refractivity contribution is 0.111. The summed E-state index contributed by atoms with van der Waals surface area (Å²) < 4.78 is 2.72. The number of likely N-dealkylation sites (N-methyl/N-ethyl adjacent to an activating group) is 1. The summed E-state index contributed by atoms with van der Waals surface area (Å²) in [4.78, 5) is 20.2. The monoisotopic (exact) mass is 398 g/mol. The van der Waals surface area contributed by atoms with Gasteiger partial charge in [0.05, 0.1) is 23.2 Å². The van der Waals surface area contributed by atoms with Gasteiger partial charge in [-0.05, 0) is 12.1 Å². The molecule has 0 bridgehead atoms. The van der Waals surface area contributed by atoms with Crippen molar-refractivity contribution in [3.8, 4) is 0 Å². The first-order chi connectivity index (χ1) is 13.5. The maximum atomic E-state index is 11.6. The van der Waals surface area contributed by atoms with Crippen molar-refractivity contribution in [1.29, 1.82) is 0 Å². The van der Waals surface area contributed by atoms with Gasteiger partial charge in [-0.1, -0.05) is 0 Å². The molecular formula is C18H22N8OS. The van der Waals surface area contributed by atoms with Crippen molar-refractivity contribution < 1.29 is 4.79 Å². The fourth-order valence-corrected chi connectivity index (χ4v) is 3.88. The molecule has 28 heavy (non-hydrogen) atoms. The minimum absolute atomic E-state index is 0.447. The average molecular weight is 398 g/mol. The van der Waals surface area contributed by atoms with Gasteiger partial charge >= 0.3 is 0 Å². The van der Waals surface area contributed by atoms with E-state index in [1.165, 1.54) is 0 Å². The van der Waals surface area contributed by atoms with E-state index in [9.17, 15) is 4.79 Å². The van der Waals surface area contributed by atoms with Crippen LogP contribution in [0.15, 0.2) is 34.1 Å². The standard InChI is InChI=1S/C18H22N8OS/c1-20-6-4-12(19)10-25(2)22-9-14-15(11-27)26(3)18-17(14)28-16(23-18)8-13-5-7-21-24-13/h4-7,9,11H,8,10,19H2,1-3H3,(H,21,24)/b12-4?,20-6?,22-9-. The number of hydrogen-bond donors (Lipinski definition) is 2. The SMILES string of the molecule is CN=CC=C(N)CN(C)/N=C\c1c(C=O)n(C)c2nc(Cc3ccn[nH]3)sc12. The van der Waals surface area contributed by atoms with Crippen molar-refractivity contribution in [2.24, 2.45) is 22.9 Å². The van der Waals surface area contributed by atoms with Crippen LogP contribution in [0.25, 0.3) is 10.3 Å². The van der Waals surface area contributed by atoms with Gasteiger partial charge in [0.2, 0.25) is 0 Å². The molecule has 9 nitrogen and oxygen atoms in total.